The molecule has 1 aliphatic heterocycles. The van der Waals surface area contributed by atoms with Gasteiger partial charge < -0.3 is 4.90 Å². The first-order valence-corrected chi connectivity index (χ1v) is 9.75. The summed E-state index contributed by atoms with van der Waals surface area (Å²) >= 11 is 0. The third-order valence-corrected chi connectivity index (χ3v) is 5.05. The van der Waals surface area contributed by atoms with E-state index in [1.165, 1.54) is 6.42 Å². The van der Waals surface area contributed by atoms with Gasteiger partial charge in [-0.2, -0.15) is 0 Å². The molecule has 0 aliphatic carbocycles. The molecule has 2 atom stereocenters. The second-order valence-corrected chi connectivity index (χ2v) is 7.65. The number of hydrogen-bond acceptors (Lipinski definition) is 2. The summed E-state index contributed by atoms with van der Waals surface area (Å²) in [5.74, 6) is 1.08. The zero-order valence-corrected chi connectivity index (χ0v) is 16.2. The van der Waals surface area contributed by atoms with Gasteiger partial charge >= 0.3 is 0 Å². The Bertz CT molecular complexity index is 711. The van der Waals surface area contributed by atoms with Crippen LogP contribution in [-0.4, -0.2) is 29.8 Å². The van der Waals surface area contributed by atoms with Crippen molar-refractivity contribution in [3.63, 3.8) is 0 Å². The van der Waals surface area contributed by atoms with Crippen molar-refractivity contribution in [3.8, 4) is 0 Å². The Hall–Kier alpha value is -2.62. The van der Waals surface area contributed by atoms with Crippen molar-refractivity contribution in [2.24, 2.45) is 11.8 Å². The average molecular weight is 364 g/mol. The van der Waals surface area contributed by atoms with Gasteiger partial charge in [0.1, 0.15) is 0 Å². The number of nitrogens with zero attached hydrogens (tertiary/aromatic N) is 2. The van der Waals surface area contributed by atoms with Gasteiger partial charge in [-0.15, -0.1) is 0 Å². The van der Waals surface area contributed by atoms with Gasteiger partial charge in [0, 0.05) is 37.3 Å². The molecule has 3 rings (SSSR count). The maximum atomic E-state index is 13.0. The van der Waals surface area contributed by atoms with Gasteiger partial charge in [0.25, 0.3) is 0 Å². The molecule has 1 heterocycles. The maximum absolute atomic E-state index is 13.0. The third-order valence-electron chi connectivity index (χ3n) is 5.05. The van der Waals surface area contributed by atoms with E-state index in [0.717, 1.165) is 24.5 Å². The molecular formula is C23H28N2O2. The van der Waals surface area contributed by atoms with E-state index < -0.39 is 0 Å². The number of likely N-dealkylation sites (tertiary alicyclic amines) is 1. The summed E-state index contributed by atoms with van der Waals surface area (Å²) in [5.41, 5.74) is 1.64. The molecule has 2 aromatic carbocycles. The summed E-state index contributed by atoms with van der Waals surface area (Å²) in [6.45, 7) is 5.98. The highest BCUT2D eigenvalue weighted by molar-refractivity contribution is 6.01. The van der Waals surface area contributed by atoms with Crippen LogP contribution in [0.4, 0.5) is 11.4 Å². The van der Waals surface area contributed by atoms with Crippen LogP contribution in [0.25, 0.3) is 0 Å². The summed E-state index contributed by atoms with van der Waals surface area (Å²) in [5, 5.41) is 0. The molecule has 0 N–H and O–H groups in total. The topological polar surface area (TPSA) is 40.6 Å². The van der Waals surface area contributed by atoms with Crippen LogP contribution >= 0.6 is 0 Å². The van der Waals surface area contributed by atoms with Gasteiger partial charge in [0.05, 0.1) is 0 Å². The predicted molar refractivity (Wildman–Crippen MR) is 109 cm³/mol. The Balaban J connectivity index is 1.69. The van der Waals surface area contributed by atoms with Gasteiger partial charge in [-0.25, -0.2) is 0 Å². The van der Waals surface area contributed by atoms with Gasteiger partial charge in [-0.05, 0) is 42.5 Å². The fourth-order valence-electron chi connectivity index (χ4n) is 3.94. The fraction of sp³-hybridized carbons (Fsp3) is 0.391. The Morgan fingerprint density at radius 1 is 0.852 bits per heavy atom. The second-order valence-electron chi connectivity index (χ2n) is 7.65. The summed E-state index contributed by atoms with van der Waals surface area (Å²) in [6.07, 6.45) is 1.63. The molecule has 0 aromatic heterocycles. The minimum Gasteiger partial charge on any atom is -0.342 e. The first-order valence-electron chi connectivity index (χ1n) is 9.75. The average Bonchev–Trinajstić information content (AvgIpc) is 2.67. The number of carbonyl (C=O) groups excluding carboxylic acids is 2. The molecule has 0 spiro atoms. The number of benzene rings is 2. The lowest BCUT2D eigenvalue weighted by Gasteiger charge is -2.35. The predicted octanol–water partition coefficient (Wildman–Crippen LogP) is 4.64. The summed E-state index contributed by atoms with van der Waals surface area (Å²) < 4.78 is 0. The minimum absolute atomic E-state index is 0.0566. The molecule has 142 valence electrons. The lowest BCUT2D eigenvalue weighted by molar-refractivity contribution is -0.135. The van der Waals surface area contributed by atoms with Crippen LogP contribution in [0.2, 0.25) is 0 Å². The van der Waals surface area contributed by atoms with Crippen LogP contribution in [0.5, 0.6) is 0 Å². The first kappa shape index (κ1) is 19.2. The van der Waals surface area contributed by atoms with E-state index in [9.17, 15) is 9.59 Å². The van der Waals surface area contributed by atoms with Gasteiger partial charge in [-0.1, -0.05) is 50.2 Å². The van der Waals surface area contributed by atoms with E-state index in [1.807, 2.05) is 65.6 Å². The molecule has 0 bridgehead atoms. The smallest absolute Gasteiger partial charge is 0.232 e. The Morgan fingerprint density at radius 2 is 1.33 bits per heavy atom. The van der Waals surface area contributed by atoms with Crippen molar-refractivity contribution < 1.29 is 9.59 Å². The molecular weight excluding hydrogens is 336 g/mol. The molecule has 0 unspecified atom stereocenters. The molecule has 1 fully saturated rings. The van der Waals surface area contributed by atoms with Crippen LogP contribution in [-0.2, 0) is 9.59 Å². The summed E-state index contributed by atoms with van der Waals surface area (Å²) in [6, 6.07) is 19.2. The molecule has 0 saturated carbocycles. The van der Waals surface area contributed by atoms with Crippen LogP contribution < -0.4 is 4.90 Å². The van der Waals surface area contributed by atoms with Gasteiger partial charge in [-0.3, -0.25) is 14.5 Å². The summed E-state index contributed by atoms with van der Waals surface area (Å²) in [4.78, 5) is 29.3. The molecule has 2 aromatic rings. The molecule has 1 saturated heterocycles. The highest BCUT2D eigenvalue weighted by atomic mass is 16.2. The van der Waals surface area contributed by atoms with Crippen molar-refractivity contribution in [1.29, 1.82) is 0 Å². The van der Waals surface area contributed by atoms with E-state index >= 15 is 0 Å². The van der Waals surface area contributed by atoms with Crippen molar-refractivity contribution >= 4 is 23.2 Å². The number of anilines is 2. The largest absolute Gasteiger partial charge is 0.342 e. The normalized spacial score (nSPS) is 19.6. The molecule has 2 amide bonds. The highest BCUT2D eigenvalue weighted by Crippen LogP contribution is 2.27. The van der Waals surface area contributed by atoms with E-state index in [4.69, 9.17) is 0 Å². The van der Waals surface area contributed by atoms with E-state index in [2.05, 4.69) is 13.8 Å². The number of amides is 2. The Labute approximate surface area is 161 Å². The van der Waals surface area contributed by atoms with E-state index in [-0.39, 0.29) is 24.7 Å². The zero-order valence-electron chi connectivity index (χ0n) is 16.2. The van der Waals surface area contributed by atoms with Gasteiger partial charge in [0.15, 0.2) is 0 Å². The van der Waals surface area contributed by atoms with E-state index in [1.54, 1.807) is 4.90 Å². The van der Waals surface area contributed by atoms with Crippen molar-refractivity contribution in [3.05, 3.63) is 60.7 Å². The number of carbonyl (C=O) groups is 2. The minimum atomic E-state index is -0.0566. The van der Waals surface area contributed by atoms with Crippen LogP contribution in [0.1, 0.15) is 33.1 Å². The Morgan fingerprint density at radius 3 is 1.81 bits per heavy atom. The van der Waals surface area contributed by atoms with E-state index in [0.29, 0.717) is 11.8 Å². The van der Waals surface area contributed by atoms with Crippen LogP contribution in [0, 0.1) is 11.8 Å². The second kappa shape index (κ2) is 8.85. The number of para-hydroxylation sites is 2. The van der Waals surface area contributed by atoms with Crippen molar-refractivity contribution in [2.45, 2.75) is 33.1 Å². The zero-order chi connectivity index (χ0) is 19.2. The maximum Gasteiger partial charge on any atom is 0.232 e. The standard InChI is InChI=1S/C23H28N2O2/c1-18-15-19(2)17-24(16-18)22(26)13-14-23(27)25(20-9-5-3-6-10-20)21-11-7-4-8-12-21/h3-12,18-19H,13-17H2,1-2H3/t18-,19-/m0/s1. The van der Waals surface area contributed by atoms with Crippen molar-refractivity contribution in [2.75, 3.05) is 18.0 Å². The molecule has 0 radical (unpaired) electrons. The van der Waals surface area contributed by atoms with Gasteiger partial charge in [0.2, 0.25) is 11.8 Å². The van der Waals surface area contributed by atoms with Crippen molar-refractivity contribution in [1.82, 2.24) is 4.90 Å². The first-order chi connectivity index (χ1) is 13.0. The quantitative estimate of drug-likeness (QED) is 0.776. The molecule has 27 heavy (non-hydrogen) atoms. The lowest BCUT2D eigenvalue weighted by atomic mass is 9.91. The SMILES string of the molecule is C[C@H]1C[C@H](C)CN(C(=O)CCC(=O)N(c2ccccc2)c2ccccc2)C1. The van der Waals surface area contributed by atoms with Crippen LogP contribution in [0.15, 0.2) is 60.7 Å². The lowest BCUT2D eigenvalue weighted by Crippen LogP contribution is -2.42. The monoisotopic (exact) mass is 364 g/mol. The third kappa shape index (κ3) is 4.97. The fourth-order valence-corrected chi connectivity index (χ4v) is 3.94. The number of rotatable bonds is 5. The number of piperidine rings is 1. The Kier molecular flexibility index (Phi) is 6.28. The highest BCUT2D eigenvalue weighted by Gasteiger charge is 2.26. The number of hydrogen-bond donors (Lipinski definition) is 0. The van der Waals surface area contributed by atoms with Crippen LogP contribution in [0.3, 0.4) is 0 Å². The molecule has 1 aliphatic rings. The summed E-state index contributed by atoms with van der Waals surface area (Å²) in [7, 11) is 0. The molecule has 4 nitrogen and oxygen atoms in total. The molecule has 4 heteroatoms.